The molecule has 24 heavy (non-hydrogen) atoms. The third-order valence-electron chi connectivity index (χ3n) is 3.27. The predicted molar refractivity (Wildman–Crippen MR) is 88.2 cm³/mol. The molecular formula is C17H23N3O4. The number of amides is 1. The predicted octanol–water partition coefficient (Wildman–Crippen LogP) is 2.56. The first-order valence-electron chi connectivity index (χ1n) is 7.75. The molecule has 0 radical (unpaired) electrons. The fourth-order valence-corrected chi connectivity index (χ4v) is 2.15. The first-order chi connectivity index (χ1) is 11.4. The molecule has 0 aliphatic carbocycles. The van der Waals surface area contributed by atoms with Gasteiger partial charge in [0.1, 0.15) is 0 Å². The van der Waals surface area contributed by atoms with Crippen LogP contribution in [0.25, 0.3) is 0 Å². The van der Waals surface area contributed by atoms with E-state index in [1.54, 1.807) is 32.3 Å². The Bertz CT molecular complexity index is 695. The van der Waals surface area contributed by atoms with Crippen molar-refractivity contribution in [2.45, 2.75) is 26.9 Å². The Labute approximate surface area is 141 Å². The Morgan fingerprint density at radius 2 is 2.08 bits per heavy atom. The highest BCUT2D eigenvalue weighted by molar-refractivity contribution is 5.97. The topological polar surface area (TPSA) is 77.7 Å². The lowest BCUT2D eigenvalue weighted by molar-refractivity contribution is 0.0821. The summed E-state index contributed by atoms with van der Waals surface area (Å²) in [6.45, 7) is 4.25. The molecule has 0 aliphatic heterocycles. The van der Waals surface area contributed by atoms with E-state index in [1.807, 2.05) is 0 Å². The van der Waals surface area contributed by atoms with Gasteiger partial charge in [0.05, 0.1) is 12.7 Å². The summed E-state index contributed by atoms with van der Waals surface area (Å²) >= 11 is 0. The third kappa shape index (κ3) is 4.24. The maximum atomic E-state index is 12.3. The number of hydrogen-bond acceptors (Lipinski definition) is 6. The molecule has 2 rings (SSSR count). The van der Waals surface area contributed by atoms with Crippen molar-refractivity contribution in [1.29, 1.82) is 0 Å². The first kappa shape index (κ1) is 17.8. The molecule has 130 valence electrons. The number of carbonyl (C=O) groups is 1. The Morgan fingerprint density at radius 1 is 1.33 bits per heavy atom. The highest BCUT2D eigenvalue weighted by Crippen LogP contribution is 2.32. The molecule has 0 bridgehead atoms. The van der Waals surface area contributed by atoms with E-state index in [9.17, 15) is 4.79 Å². The van der Waals surface area contributed by atoms with E-state index in [2.05, 4.69) is 24.0 Å². The van der Waals surface area contributed by atoms with Crippen LogP contribution in [0.3, 0.4) is 0 Å². The highest BCUT2D eigenvalue weighted by atomic mass is 16.5. The smallest absolute Gasteiger partial charge is 0.257 e. The SMILES string of the molecule is COc1cccc(C(=O)N(C)C)c1OCc1noc(CC(C)C)n1. The number of nitrogens with zero attached hydrogens (tertiary/aromatic N) is 3. The molecule has 0 atom stereocenters. The highest BCUT2D eigenvalue weighted by Gasteiger charge is 2.19. The number of aromatic nitrogens is 2. The van der Waals surface area contributed by atoms with Gasteiger partial charge < -0.3 is 18.9 Å². The Kier molecular flexibility index (Phi) is 5.78. The lowest BCUT2D eigenvalue weighted by Crippen LogP contribution is -2.22. The van der Waals surface area contributed by atoms with Gasteiger partial charge in [0.2, 0.25) is 11.7 Å². The summed E-state index contributed by atoms with van der Waals surface area (Å²) in [6, 6.07) is 5.18. The number of benzene rings is 1. The number of carbonyl (C=O) groups excluding carboxylic acids is 1. The molecule has 0 saturated carbocycles. The van der Waals surface area contributed by atoms with E-state index in [0.717, 1.165) is 0 Å². The first-order valence-corrected chi connectivity index (χ1v) is 7.75. The second-order valence-corrected chi connectivity index (χ2v) is 6.03. The second-order valence-electron chi connectivity index (χ2n) is 6.03. The number of rotatable bonds is 7. The molecule has 0 N–H and O–H groups in total. The van der Waals surface area contributed by atoms with Crippen molar-refractivity contribution >= 4 is 5.91 Å². The standard InChI is InChI=1S/C17H23N3O4/c1-11(2)9-15-18-14(19-24-15)10-23-16-12(17(21)20(3)4)7-6-8-13(16)22-5/h6-8,11H,9-10H2,1-5H3. The van der Waals surface area contributed by atoms with Gasteiger partial charge in [0.25, 0.3) is 5.91 Å². The molecule has 1 heterocycles. The van der Waals surface area contributed by atoms with E-state index >= 15 is 0 Å². The van der Waals surface area contributed by atoms with Crippen molar-refractivity contribution < 1.29 is 18.8 Å². The van der Waals surface area contributed by atoms with Crippen molar-refractivity contribution in [2.24, 2.45) is 5.92 Å². The number of hydrogen-bond donors (Lipinski definition) is 0. The molecule has 1 aromatic carbocycles. The lowest BCUT2D eigenvalue weighted by Gasteiger charge is -2.16. The van der Waals surface area contributed by atoms with Gasteiger partial charge in [-0.3, -0.25) is 4.79 Å². The van der Waals surface area contributed by atoms with Crippen molar-refractivity contribution in [3.8, 4) is 11.5 Å². The molecule has 7 heteroatoms. The molecule has 0 spiro atoms. The molecule has 7 nitrogen and oxygen atoms in total. The molecule has 1 aromatic heterocycles. The average molecular weight is 333 g/mol. The van der Waals surface area contributed by atoms with Crippen molar-refractivity contribution in [2.75, 3.05) is 21.2 Å². The Morgan fingerprint density at radius 3 is 2.71 bits per heavy atom. The van der Waals surface area contributed by atoms with Crippen molar-refractivity contribution in [3.05, 3.63) is 35.5 Å². The zero-order chi connectivity index (χ0) is 17.7. The molecule has 0 aliphatic rings. The summed E-state index contributed by atoms with van der Waals surface area (Å²) in [5, 5.41) is 3.90. The molecule has 2 aromatic rings. The monoisotopic (exact) mass is 333 g/mol. The van der Waals surface area contributed by atoms with Gasteiger partial charge in [0.15, 0.2) is 18.1 Å². The van der Waals surface area contributed by atoms with Gasteiger partial charge in [-0.1, -0.05) is 25.1 Å². The summed E-state index contributed by atoms with van der Waals surface area (Å²) in [4.78, 5) is 18.1. The summed E-state index contributed by atoms with van der Waals surface area (Å²) in [5.74, 6) is 2.12. The third-order valence-corrected chi connectivity index (χ3v) is 3.27. The van der Waals surface area contributed by atoms with E-state index in [0.29, 0.717) is 41.1 Å². The maximum Gasteiger partial charge on any atom is 0.257 e. The normalized spacial score (nSPS) is 10.8. The zero-order valence-corrected chi connectivity index (χ0v) is 14.7. The van der Waals surface area contributed by atoms with Gasteiger partial charge in [-0.25, -0.2) is 0 Å². The molecular weight excluding hydrogens is 310 g/mol. The van der Waals surface area contributed by atoms with Crippen LogP contribution in [0.2, 0.25) is 0 Å². The molecule has 0 unspecified atom stereocenters. The summed E-state index contributed by atoms with van der Waals surface area (Å²) in [7, 11) is 4.90. The zero-order valence-electron chi connectivity index (χ0n) is 14.7. The quantitative estimate of drug-likeness (QED) is 0.775. The summed E-state index contributed by atoms with van der Waals surface area (Å²) in [6.07, 6.45) is 0.714. The van der Waals surface area contributed by atoms with Crippen LogP contribution < -0.4 is 9.47 Å². The van der Waals surface area contributed by atoms with E-state index in [4.69, 9.17) is 14.0 Å². The number of para-hydroxylation sites is 1. The molecule has 0 saturated heterocycles. The second kappa shape index (κ2) is 7.81. The van der Waals surface area contributed by atoms with Crippen LogP contribution in [0.4, 0.5) is 0 Å². The van der Waals surface area contributed by atoms with Gasteiger partial charge in [-0.2, -0.15) is 4.98 Å². The summed E-state index contributed by atoms with van der Waals surface area (Å²) in [5.41, 5.74) is 0.422. The molecule has 1 amide bonds. The largest absolute Gasteiger partial charge is 0.493 e. The van der Waals surface area contributed by atoms with E-state index in [-0.39, 0.29) is 12.5 Å². The van der Waals surface area contributed by atoms with Gasteiger partial charge in [-0.05, 0) is 18.1 Å². The Hall–Kier alpha value is -2.57. The van der Waals surface area contributed by atoms with Crippen LogP contribution in [0.1, 0.15) is 35.9 Å². The minimum atomic E-state index is -0.169. The fourth-order valence-electron chi connectivity index (χ4n) is 2.15. The minimum absolute atomic E-state index is 0.0929. The van der Waals surface area contributed by atoms with Crippen LogP contribution in [0.5, 0.6) is 11.5 Å². The molecule has 0 fully saturated rings. The van der Waals surface area contributed by atoms with Crippen LogP contribution in [-0.2, 0) is 13.0 Å². The van der Waals surface area contributed by atoms with E-state index < -0.39 is 0 Å². The van der Waals surface area contributed by atoms with Crippen LogP contribution in [0.15, 0.2) is 22.7 Å². The van der Waals surface area contributed by atoms with Crippen LogP contribution >= 0.6 is 0 Å². The Balaban J connectivity index is 2.19. The van der Waals surface area contributed by atoms with E-state index in [1.165, 1.54) is 12.0 Å². The van der Waals surface area contributed by atoms with Gasteiger partial charge in [-0.15, -0.1) is 0 Å². The van der Waals surface area contributed by atoms with Crippen LogP contribution in [-0.4, -0.2) is 42.2 Å². The van der Waals surface area contributed by atoms with Gasteiger partial charge >= 0.3 is 0 Å². The summed E-state index contributed by atoms with van der Waals surface area (Å²) < 4.78 is 16.3. The van der Waals surface area contributed by atoms with Gasteiger partial charge in [0, 0.05) is 20.5 Å². The number of methoxy groups -OCH3 is 1. The maximum absolute atomic E-state index is 12.3. The van der Waals surface area contributed by atoms with Crippen molar-refractivity contribution in [3.63, 3.8) is 0 Å². The fraction of sp³-hybridized carbons (Fsp3) is 0.471. The van der Waals surface area contributed by atoms with Crippen LogP contribution in [0, 0.1) is 5.92 Å². The number of ether oxygens (including phenoxy) is 2. The minimum Gasteiger partial charge on any atom is -0.493 e. The average Bonchev–Trinajstić information content (AvgIpc) is 2.98. The lowest BCUT2D eigenvalue weighted by atomic mass is 10.1. The van der Waals surface area contributed by atoms with Crippen molar-refractivity contribution in [1.82, 2.24) is 15.0 Å².